The van der Waals surface area contributed by atoms with Crippen molar-refractivity contribution in [1.29, 1.82) is 0 Å². The van der Waals surface area contributed by atoms with Gasteiger partial charge in [-0.25, -0.2) is 13.4 Å². The van der Waals surface area contributed by atoms with Crippen LogP contribution in [0.5, 0.6) is 0 Å². The number of nitrogens with zero attached hydrogens (tertiary/aromatic N) is 2. The minimum absolute atomic E-state index is 0.0801. The van der Waals surface area contributed by atoms with Gasteiger partial charge in [0.25, 0.3) is 5.91 Å². The number of carbonyl (C=O) groups is 1. The number of carbonyl (C=O) groups excluding carboxylic acids is 1. The Kier molecular flexibility index (Phi) is 3.48. The molecule has 0 aromatic carbocycles. The van der Waals surface area contributed by atoms with Crippen LogP contribution in [0, 0.1) is 0 Å². The van der Waals surface area contributed by atoms with E-state index in [1.807, 2.05) is 6.92 Å². The Morgan fingerprint density at radius 3 is 2.88 bits per heavy atom. The largest absolute Gasteiger partial charge is 0.334 e. The Balaban J connectivity index is 2.15. The minimum atomic E-state index is -2.96. The maximum Gasteiger partial charge on any atom is 0.273 e. The quantitative estimate of drug-likeness (QED) is 0.817. The number of amides is 1. The van der Waals surface area contributed by atoms with Crippen molar-refractivity contribution in [3.05, 3.63) is 16.6 Å². The molecule has 0 radical (unpaired) electrons. The molecule has 1 aromatic heterocycles. The Morgan fingerprint density at radius 1 is 1.65 bits per heavy atom. The van der Waals surface area contributed by atoms with Gasteiger partial charge >= 0.3 is 0 Å². The van der Waals surface area contributed by atoms with E-state index >= 15 is 0 Å². The second-order valence-electron chi connectivity index (χ2n) is 4.02. The monoisotopic (exact) mass is 274 g/mol. The van der Waals surface area contributed by atoms with Crippen LogP contribution in [-0.2, 0) is 9.84 Å². The molecule has 1 aliphatic rings. The zero-order chi connectivity index (χ0) is 12.5. The molecule has 1 atom stereocenters. The lowest BCUT2D eigenvalue weighted by atomic mass is 10.2. The maximum absolute atomic E-state index is 12.1. The summed E-state index contributed by atoms with van der Waals surface area (Å²) in [6.45, 7) is 2.37. The molecule has 1 amide bonds. The second-order valence-corrected chi connectivity index (χ2v) is 6.97. The molecule has 2 rings (SSSR count). The first-order valence-corrected chi connectivity index (χ1v) is 8.19. The number of rotatable bonds is 3. The highest BCUT2D eigenvalue weighted by Gasteiger charge is 2.34. The smallest absolute Gasteiger partial charge is 0.273 e. The van der Waals surface area contributed by atoms with Gasteiger partial charge in [0.1, 0.15) is 5.69 Å². The van der Waals surface area contributed by atoms with Crippen LogP contribution in [0.25, 0.3) is 0 Å². The number of aromatic nitrogens is 1. The molecular formula is C10H14N2O3S2. The molecule has 1 aliphatic heterocycles. The van der Waals surface area contributed by atoms with Gasteiger partial charge in [-0.2, -0.15) is 0 Å². The van der Waals surface area contributed by atoms with Gasteiger partial charge in [0.05, 0.1) is 17.0 Å². The van der Waals surface area contributed by atoms with E-state index < -0.39 is 9.84 Å². The van der Waals surface area contributed by atoms with E-state index in [0.29, 0.717) is 18.7 Å². The fourth-order valence-corrected chi connectivity index (χ4v) is 4.31. The van der Waals surface area contributed by atoms with Gasteiger partial charge in [-0.15, -0.1) is 11.3 Å². The number of hydrogen-bond acceptors (Lipinski definition) is 5. The molecule has 1 fully saturated rings. The van der Waals surface area contributed by atoms with E-state index in [1.54, 1.807) is 15.8 Å². The fraction of sp³-hybridized carbons (Fsp3) is 0.600. The SMILES string of the molecule is CCN(C(=O)c1cscn1)C1CCS(=O)(=O)C1. The number of sulfone groups is 1. The summed E-state index contributed by atoms with van der Waals surface area (Å²) in [4.78, 5) is 17.7. The first-order valence-electron chi connectivity index (χ1n) is 5.43. The summed E-state index contributed by atoms with van der Waals surface area (Å²) in [5, 5.41) is 1.69. The molecule has 0 N–H and O–H groups in total. The standard InChI is InChI=1S/C10H14N2O3S2/c1-2-12(8-3-4-17(14,15)6-8)10(13)9-5-16-7-11-9/h5,7-8H,2-4,6H2,1H3. The van der Waals surface area contributed by atoms with E-state index in [4.69, 9.17) is 0 Å². The molecule has 7 heteroatoms. The van der Waals surface area contributed by atoms with Gasteiger partial charge in [0.15, 0.2) is 9.84 Å². The van der Waals surface area contributed by atoms with Crippen LogP contribution in [0.15, 0.2) is 10.9 Å². The first-order chi connectivity index (χ1) is 8.03. The third kappa shape index (κ3) is 2.66. The summed E-state index contributed by atoms with van der Waals surface area (Å²) in [6.07, 6.45) is 0.534. The van der Waals surface area contributed by atoms with E-state index in [-0.39, 0.29) is 23.5 Å². The summed E-state index contributed by atoms with van der Waals surface area (Å²) < 4.78 is 22.8. The Morgan fingerprint density at radius 2 is 2.41 bits per heavy atom. The van der Waals surface area contributed by atoms with Crippen LogP contribution < -0.4 is 0 Å². The molecule has 1 unspecified atom stereocenters. The zero-order valence-corrected chi connectivity index (χ0v) is 11.1. The van der Waals surface area contributed by atoms with Crippen molar-refractivity contribution < 1.29 is 13.2 Å². The topological polar surface area (TPSA) is 67.3 Å². The average molecular weight is 274 g/mol. The Labute approximate surface area is 104 Å². The third-order valence-electron chi connectivity index (χ3n) is 2.90. The molecule has 0 saturated carbocycles. The predicted octanol–water partition coefficient (Wildman–Crippen LogP) is 0.792. The average Bonchev–Trinajstić information content (AvgIpc) is 2.88. The highest BCUT2D eigenvalue weighted by molar-refractivity contribution is 7.91. The molecule has 0 spiro atoms. The van der Waals surface area contributed by atoms with Crippen molar-refractivity contribution in [2.75, 3.05) is 18.1 Å². The van der Waals surface area contributed by atoms with Gasteiger partial charge in [0.2, 0.25) is 0 Å². The van der Waals surface area contributed by atoms with Crippen LogP contribution in [-0.4, -0.2) is 48.3 Å². The lowest BCUT2D eigenvalue weighted by Gasteiger charge is -2.25. The Hall–Kier alpha value is -0.950. The van der Waals surface area contributed by atoms with Crippen LogP contribution in [0.4, 0.5) is 0 Å². The molecule has 94 valence electrons. The van der Waals surface area contributed by atoms with E-state index in [1.165, 1.54) is 11.3 Å². The maximum atomic E-state index is 12.1. The van der Waals surface area contributed by atoms with Gasteiger partial charge in [0, 0.05) is 18.0 Å². The predicted molar refractivity (Wildman–Crippen MR) is 65.9 cm³/mol. The summed E-state index contributed by atoms with van der Waals surface area (Å²) >= 11 is 1.36. The van der Waals surface area contributed by atoms with Gasteiger partial charge in [-0.3, -0.25) is 4.79 Å². The van der Waals surface area contributed by atoms with Crippen LogP contribution in [0.1, 0.15) is 23.8 Å². The molecule has 0 aliphatic carbocycles. The molecule has 17 heavy (non-hydrogen) atoms. The highest BCUT2D eigenvalue weighted by atomic mass is 32.2. The molecular weight excluding hydrogens is 260 g/mol. The molecule has 0 bridgehead atoms. The number of thiazole rings is 1. The van der Waals surface area contributed by atoms with Gasteiger partial charge in [-0.05, 0) is 13.3 Å². The van der Waals surface area contributed by atoms with Crippen LogP contribution in [0.3, 0.4) is 0 Å². The van der Waals surface area contributed by atoms with Crippen molar-refractivity contribution in [3.8, 4) is 0 Å². The summed E-state index contributed by atoms with van der Waals surface area (Å²) in [5.41, 5.74) is 2.01. The minimum Gasteiger partial charge on any atom is -0.334 e. The molecule has 1 aromatic rings. The highest BCUT2D eigenvalue weighted by Crippen LogP contribution is 2.19. The zero-order valence-electron chi connectivity index (χ0n) is 9.50. The molecule has 5 nitrogen and oxygen atoms in total. The van der Waals surface area contributed by atoms with Crippen molar-refractivity contribution in [2.24, 2.45) is 0 Å². The summed E-state index contributed by atoms with van der Waals surface area (Å²) in [7, 11) is -2.96. The van der Waals surface area contributed by atoms with Crippen molar-refractivity contribution in [3.63, 3.8) is 0 Å². The van der Waals surface area contributed by atoms with Crippen LogP contribution in [0.2, 0.25) is 0 Å². The van der Waals surface area contributed by atoms with Crippen molar-refractivity contribution in [2.45, 2.75) is 19.4 Å². The lowest BCUT2D eigenvalue weighted by molar-refractivity contribution is 0.0703. The van der Waals surface area contributed by atoms with E-state index in [2.05, 4.69) is 4.98 Å². The normalized spacial score (nSPS) is 22.5. The van der Waals surface area contributed by atoms with Crippen molar-refractivity contribution in [1.82, 2.24) is 9.88 Å². The fourth-order valence-electron chi connectivity index (χ4n) is 2.05. The third-order valence-corrected chi connectivity index (χ3v) is 5.24. The van der Waals surface area contributed by atoms with Gasteiger partial charge in [-0.1, -0.05) is 0 Å². The molecule has 2 heterocycles. The summed E-state index contributed by atoms with van der Waals surface area (Å²) in [5.74, 6) is 0.0886. The van der Waals surface area contributed by atoms with Crippen molar-refractivity contribution >= 4 is 27.1 Å². The Bertz CT molecular complexity index is 496. The number of hydrogen-bond donors (Lipinski definition) is 0. The van der Waals surface area contributed by atoms with E-state index in [0.717, 1.165) is 0 Å². The summed E-state index contributed by atoms with van der Waals surface area (Å²) in [6, 6.07) is -0.195. The second kappa shape index (κ2) is 4.73. The van der Waals surface area contributed by atoms with E-state index in [9.17, 15) is 13.2 Å². The molecule has 1 saturated heterocycles. The lowest BCUT2D eigenvalue weighted by Crippen LogP contribution is -2.41. The van der Waals surface area contributed by atoms with Gasteiger partial charge < -0.3 is 4.90 Å². The van der Waals surface area contributed by atoms with Crippen LogP contribution >= 0.6 is 11.3 Å². The first kappa shape index (κ1) is 12.5.